The predicted molar refractivity (Wildman–Crippen MR) is 106 cm³/mol. The van der Waals surface area contributed by atoms with E-state index in [0.29, 0.717) is 12.6 Å². The third-order valence-corrected chi connectivity index (χ3v) is 5.04. The molecule has 0 aliphatic rings. The highest BCUT2D eigenvalue weighted by atomic mass is 32.1. The van der Waals surface area contributed by atoms with Crippen LogP contribution in [0.1, 0.15) is 28.1 Å². The molecule has 0 amide bonds. The summed E-state index contributed by atoms with van der Waals surface area (Å²) in [6.45, 7) is 7.01. The van der Waals surface area contributed by atoms with Crippen molar-refractivity contribution in [1.29, 1.82) is 0 Å². The Kier molecular flexibility index (Phi) is 5.38. The van der Waals surface area contributed by atoms with Gasteiger partial charge in [-0.2, -0.15) is 0 Å². The van der Waals surface area contributed by atoms with Crippen LogP contribution in [0.15, 0.2) is 35.3 Å². The molecule has 0 saturated heterocycles. The minimum atomic E-state index is 0.308. The first kappa shape index (κ1) is 17.5. The molecule has 3 N–H and O–H groups in total. The average molecular weight is 356 g/mol. The Morgan fingerprint density at radius 1 is 1.28 bits per heavy atom. The summed E-state index contributed by atoms with van der Waals surface area (Å²) in [7, 11) is 1.79. The number of aryl methyl sites for hydroxylation is 2. The normalized spacial score (nSPS) is 13.2. The summed E-state index contributed by atoms with van der Waals surface area (Å²) in [5.74, 6) is 1.70. The molecule has 0 aliphatic heterocycles. The number of aromatic amines is 1. The summed E-state index contributed by atoms with van der Waals surface area (Å²) in [5, 5.41) is 6.77. The van der Waals surface area contributed by atoms with E-state index < -0.39 is 0 Å². The Balaban J connectivity index is 1.56. The summed E-state index contributed by atoms with van der Waals surface area (Å²) in [5.41, 5.74) is 3.29. The Morgan fingerprint density at radius 3 is 2.84 bits per heavy atom. The first-order valence-corrected chi connectivity index (χ1v) is 9.33. The van der Waals surface area contributed by atoms with Crippen LogP contribution in [-0.4, -0.2) is 29.0 Å². The number of benzene rings is 1. The fraction of sp³-hybridized carbons (Fsp3) is 0.368. The van der Waals surface area contributed by atoms with Crippen molar-refractivity contribution in [2.45, 2.75) is 39.8 Å². The zero-order valence-corrected chi connectivity index (χ0v) is 16.0. The molecule has 3 aromatic rings. The number of hydrogen-bond acceptors (Lipinski definition) is 3. The van der Waals surface area contributed by atoms with Crippen LogP contribution >= 0.6 is 11.3 Å². The highest BCUT2D eigenvalue weighted by Gasteiger charge is 2.09. The number of imidazole rings is 1. The average Bonchev–Trinajstić information content (AvgIpc) is 3.16. The topological polar surface area (TPSA) is 65.1 Å². The van der Waals surface area contributed by atoms with E-state index in [4.69, 9.17) is 0 Å². The smallest absolute Gasteiger partial charge is 0.191 e. The lowest BCUT2D eigenvalue weighted by Gasteiger charge is -2.17. The molecule has 1 aromatic carbocycles. The maximum Gasteiger partial charge on any atom is 0.191 e. The maximum absolute atomic E-state index is 4.61. The number of nitrogens with zero attached hydrogens (tertiary/aromatic N) is 2. The van der Waals surface area contributed by atoms with Gasteiger partial charge >= 0.3 is 0 Å². The SMILES string of the molecule is CN=C(NCc1nc2ccc(C)cc2[nH]1)NC(C)Cc1ccc(C)s1. The molecule has 1 unspecified atom stereocenters. The van der Waals surface area contributed by atoms with Gasteiger partial charge in [-0.3, -0.25) is 4.99 Å². The molecule has 0 bridgehead atoms. The largest absolute Gasteiger partial charge is 0.354 e. The molecule has 0 radical (unpaired) electrons. The van der Waals surface area contributed by atoms with E-state index >= 15 is 0 Å². The molecule has 3 rings (SSSR count). The fourth-order valence-corrected chi connectivity index (χ4v) is 3.82. The molecule has 2 heterocycles. The molecular weight excluding hydrogens is 330 g/mol. The lowest BCUT2D eigenvalue weighted by Crippen LogP contribution is -2.42. The number of thiophene rings is 1. The molecule has 6 heteroatoms. The molecule has 1 atom stereocenters. The lowest BCUT2D eigenvalue weighted by atomic mass is 10.2. The molecule has 0 saturated carbocycles. The Morgan fingerprint density at radius 2 is 2.12 bits per heavy atom. The third kappa shape index (κ3) is 4.60. The fourth-order valence-electron chi connectivity index (χ4n) is 2.80. The number of fused-ring (bicyclic) bond motifs is 1. The van der Waals surface area contributed by atoms with E-state index in [-0.39, 0.29) is 0 Å². The number of H-pyrrole nitrogens is 1. The maximum atomic E-state index is 4.61. The Hall–Kier alpha value is -2.34. The van der Waals surface area contributed by atoms with E-state index in [1.807, 2.05) is 17.4 Å². The van der Waals surface area contributed by atoms with Gasteiger partial charge < -0.3 is 15.6 Å². The quantitative estimate of drug-likeness (QED) is 0.484. The molecule has 0 spiro atoms. The van der Waals surface area contributed by atoms with Crippen LogP contribution in [0.25, 0.3) is 11.0 Å². The standard InChI is InChI=1S/C19H25N5S/c1-12-5-8-16-17(9-12)24-18(23-16)11-21-19(20-4)22-13(2)10-15-7-6-14(3)25-15/h5-9,13H,10-11H2,1-4H3,(H,23,24)(H2,20,21,22). The van der Waals surface area contributed by atoms with Gasteiger partial charge in [-0.05, 0) is 50.6 Å². The lowest BCUT2D eigenvalue weighted by molar-refractivity contribution is 0.642. The van der Waals surface area contributed by atoms with Crippen molar-refractivity contribution in [2.75, 3.05) is 7.05 Å². The molecule has 25 heavy (non-hydrogen) atoms. The zero-order chi connectivity index (χ0) is 17.8. The summed E-state index contributed by atoms with van der Waals surface area (Å²) in [6, 6.07) is 10.9. The second-order valence-electron chi connectivity index (χ2n) is 6.39. The van der Waals surface area contributed by atoms with Gasteiger partial charge in [0.05, 0.1) is 17.6 Å². The highest BCUT2D eigenvalue weighted by Crippen LogP contribution is 2.16. The summed E-state index contributed by atoms with van der Waals surface area (Å²) in [4.78, 5) is 15.0. The van der Waals surface area contributed by atoms with Gasteiger partial charge in [-0.1, -0.05) is 6.07 Å². The summed E-state index contributed by atoms with van der Waals surface area (Å²) < 4.78 is 0. The minimum Gasteiger partial charge on any atom is -0.354 e. The zero-order valence-electron chi connectivity index (χ0n) is 15.2. The van der Waals surface area contributed by atoms with E-state index in [0.717, 1.165) is 29.2 Å². The minimum absolute atomic E-state index is 0.308. The van der Waals surface area contributed by atoms with Crippen molar-refractivity contribution in [3.63, 3.8) is 0 Å². The number of rotatable bonds is 5. The molecule has 5 nitrogen and oxygen atoms in total. The first-order valence-electron chi connectivity index (χ1n) is 8.51. The van der Waals surface area contributed by atoms with Crippen LogP contribution in [0.3, 0.4) is 0 Å². The molecule has 2 aromatic heterocycles. The van der Waals surface area contributed by atoms with Crippen LogP contribution in [0, 0.1) is 13.8 Å². The number of guanidine groups is 1. The highest BCUT2D eigenvalue weighted by molar-refractivity contribution is 7.11. The van der Waals surface area contributed by atoms with Crippen LogP contribution in [0.4, 0.5) is 0 Å². The first-order chi connectivity index (χ1) is 12.0. The summed E-state index contributed by atoms with van der Waals surface area (Å²) in [6.07, 6.45) is 0.989. The molecular formula is C19H25N5S. The van der Waals surface area contributed by atoms with Crippen LogP contribution in [-0.2, 0) is 13.0 Å². The van der Waals surface area contributed by atoms with E-state index in [1.165, 1.54) is 15.3 Å². The van der Waals surface area contributed by atoms with Gasteiger partial charge in [0.2, 0.25) is 0 Å². The van der Waals surface area contributed by atoms with Gasteiger partial charge in [0.1, 0.15) is 5.82 Å². The molecule has 132 valence electrons. The van der Waals surface area contributed by atoms with Gasteiger partial charge in [0, 0.05) is 29.3 Å². The molecule has 0 aliphatic carbocycles. The summed E-state index contributed by atoms with van der Waals surface area (Å²) >= 11 is 1.85. The van der Waals surface area contributed by atoms with Crippen molar-refractivity contribution in [1.82, 2.24) is 20.6 Å². The van der Waals surface area contributed by atoms with Crippen molar-refractivity contribution >= 4 is 28.3 Å². The second kappa shape index (κ2) is 7.70. The number of hydrogen-bond donors (Lipinski definition) is 3. The Bertz CT molecular complexity index is 877. The van der Waals surface area contributed by atoms with Gasteiger partial charge in [-0.15, -0.1) is 11.3 Å². The van der Waals surface area contributed by atoms with Crippen molar-refractivity contribution < 1.29 is 0 Å². The van der Waals surface area contributed by atoms with Crippen LogP contribution in [0.5, 0.6) is 0 Å². The van der Waals surface area contributed by atoms with Crippen molar-refractivity contribution in [3.05, 3.63) is 51.5 Å². The number of aliphatic imine (C=N–C) groups is 1. The van der Waals surface area contributed by atoms with E-state index in [9.17, 15) is 0 Å². The van der Waals surface area contributed by atoms with Gasteiger partial charge in [0.25, 0.3) is 0 Å². The number of nitrogens with one attached hydrogen (secondary N) is 3. The predicted octanol–water partition coefficient (Wildman–Crippen LogP) is 3.54. The van der Waals surface area contributed by atoms with Crippen LogP contribution in [0.2, 0.25) is 0 Å². The van der Waals surface area contributed by atoms with Gasteiger partial charge in [0.15, 0.2) is 5.96 Å². The van der Waals surface area contributed by atoms with Gasteiger partial charge in [-0.25, -0.2) is 4.98 Å². The van der Waals surface area contributed by atoms with Crippen molar-refractivity contribution in [2.24, 2.45) is 4.99 Å². The van der Waals surface area contributed by atoms with Crippen molar-refractivity contribution in [3.8, 4) is 0 Å². The molecule has 0 fully saturated rings. The monoisotopic (exact) mass is 355 g/mol. The van der Waals surface area contributed by atoms with E-state index in [2.05, 4.69) is 70.6 Å². The second-order valence-corrected chi connectivity index (χ2v) is 7.76. The van der Waals surface area contributed by atoms with E-state index in [1.54, 1.807) is 7.05 Å². The Labute approximate surface area is 152 Å². The third-order valence-electron chi connectivity index (χ3n) is 4.02. The number of aromatic nitrogens is 2. The van der Waals surface area contributed by atoms with Crippen LogP contribution < -0.4 is 10.6 Å².